The molecule has 1 saturated heterocycles. The van der Waals surface area contributed by atoms with Crippen molar-refractivity contribution < 1.29 is 24.2 Å². The van der Waals surface area contributed by atoms with Crippen LogP contribution >= 0.6 is 11.6 Å². The molecule has 2 N–H and O–H groups in total. The van der Waals surface area contributed by atoms with Crippen molar-refractivity contribution >= 4 is 23.5 Å². The molecular formula is C19H20ClNO5. The second-order valence-electron chi connectivity index (χ2n) is 6.11. The average molecular weight is 378 g/mol. The van der Waals surface area contributed by atoms with Gasteiger partial charge in [0.05, 0.1) is 23.8 Å². The standard InChI is InChI=1S/C19H20ClNO5/c1-3-25-19(24)15-14(11-6-4-5-7-12(11)20)13(18(22)23)10(2)17-16(15)21-8-9-26-17/h4-7,13-14,21H,3,8-9H2,1-2H3,(H,22,23). The van der Waals surface area contributed by atoms with Crippen LogP contribution in [0.2, 0.25) is 5.02 Å². The van der Waals surface area contributed by atoms with Crippen LogP contribution in [-0.4, -0.2) is 36.8 Å². The summed E-state index contributed by atoms with van der Waals surface area (Å²) in [4.78, 5) is 24.9. The number of carboxylic acids is 1. The van der Waals surface area contributed by atoms with Gasteiger partial charge in [-0.3, -0.25) is 4.79 Å². The number of halogens is 1. The molecule has 0 saturated carbocycles. The summed E-state index contributed by atoms with van der Waals surface area (Å²) in [5.74, 6) is -2.95. The average Bonchev–Trinajstić information content (AvgIpc) is 2.62. The third-order valence-corrected chi connectivity index (χ3v) is 4.96. The first-order chi connectivity index (χ1) is 12.5. The summed E-state index contributed by atoms with van der Waals surface area (Å²) in [5.41, 5.74) is 1.86. The molecule has 2 unspecified atom stereocenters. The first-order valence-corrected chi connectivity index (χ1v) is 8.81. The fourth-order valence-electron chi connectivity index (χ4n) is 3.55. The van der Waals surface area contributed by atoms with E-state index in [-0.39, 0.29) is 12.2 Å². The van der Waals surface area contributed by atoms with Gasteiger partial charge in [0.1, 0.15) is 12.4 Å². The topological polar surface area (TPSA) is 84.9 Å². The highest BCUT2D eigenvalue weighted by atomic mass is 35.5. The molecule has 138 valence electrons. The van der Waals surface area contributed by atoms with Crippen molar-refractivity contribution in [2.24, 2.45) is 5.92 Å². The first-order valence-electron chi connectivity index (χ1n) is 8.43. The third-order valence-electron chi connectivity index (χ3n) is 4.62. The Morgan fingerprint density at radius 3 is 2.77 bits per heavy atom. The molecule has 2 aliphatic rings. The van der Waals surface area contributed by atoms with Crippen molar-refractivity contribution in [2.45, 2.75) is 19.8 Å². The molecule has 0 amide bonds. The smallest absolute Gasteiger partial charge is 0.336 e. The highest BCUT2D eigenvalue weighted by Gasteiger charge is 2.46. The summed E-state index contributed by atoms with van der Waals surface area (Å²) in [5, 5.41) is 13.5. The molecule has 6 nitrogen and oxygen atoms in total. The van der Waals surface area contributed by atoms with Crippen molar-refractivity contribution in [2.75, 3.05) is 19.8 Å². The van der Waals surface area contributed by atoms with Crippen LogP contribution in [0.1, 0.15) is 25.3 Å². The van der Waals surface area contributed by atoms with Crippen molar-refractivity contribution in [1.82, 2.24) is 5.32 Å². The SMILES string of the molecule is CCOC(=O)C1=C2NCCOC2=C(C)C(C(=O)O)C1c1ccccc1Cl. The minimum atomic E-state index is -1.05. The van der Waals surface area contributed by atoms with Gasteiger partial charge < -0.3 is 19.9 Å². The van der Waals surface area contributed by atoms with Gasteiger partial charge in [0.2, 0.25) is 0 Å². The second-order valence-corrected chi connectivity index (χ2v) is 6.52. The number of hydrogen-bond acceptors (Lipinski definition) is 5. The number of carbonyl (C=O) groups excluding carboxylic acids is 1. The van der Waals surface area contributed by atoms with Crippen molar-refractivity contribution in [3.8, 4) is 0 Å². The molecule has 0 bridgehead atoms. The largest absolute Gasteiger partial charge is 0.490 e. The van der Waals surface area contributed by atoms with Crippen LogP contribution in [0, 0.1) is 5.92 Å². The lowest BCUT2D eigenvalue weighted by atomic mass is 9.72. The van der Waals surface area contributed by atoms with Crippen LogP contribution in [0.4, 0.5) is 0 Å². The summed E-state index contributed by atoms with van der Waals surface area (Å²) >= 11 is 6.36. The number of morpholine rings is 1. The van der Waals surface area contributed by atoms with E-state index >= 15 is 0 Å². The molecule has 1 aromatic rings. The minimum absolute atomic E-state index is 0.182. The first kappa shape index (κ1) is 18.3. The second kappa shape index (κ2) is 7.41. The van der Waals surface area contributed by atoms with Crippen LogP contribution < -0.4 is 5.32 Å². The zero-order valence-electron chi connectivity index (χ0n) is 14.5. The molecule has 1 aliphatic heterocycles. The minimum Gasteiger partial charge on any atom is -0.490 e. The van der Waals surface area contributed by atoms with Crippen LogP contribution in [0.15, 0.2) is 46.9 Å². The quantitative estimate of drug-likeness (QED) is 0.785. The van der Waals surface area contributed by atoms with E-state index in [1.54, 1.807) is 38.1 Å². The van der Waals surface area contributed by atoms with Crippen LogP contribution in [0.25, 0.3) is 0 Å². The van der Waals surface area contributed by atoms with E-state index in [4.69, 9.17) is 21.1 Å². The zero-order valence-corrected chi connectivity index (χ0v) is 15.3. The molecule has 3 rings (SSSR count). The molecule has 0 aromatic heterocycles. The van der Waals surface area contributed by atoms with Crippen LogP contribution in [0.3, 0.4) is 0 Å². The highest BCUT2D eigenvalue weighted by molar-refractivity contribution is 6.31. The summed E-state index contributed by atoms with van der Waals surface area (Å²) in [6.45, 7) is 4.52. The normalized spacial score (nSPS) is 22.3. The number of fused-ring (bicyclic) bond motifs is 1. The van der Waals surface area contributed by atoms with Crippen molar-refractivity contribution in [3.05, 3.63) is 57.5 Å². The Hall–Kier alpha value is -2.47. The number of hydrogen-bond donors (Lipinski definition) is 2. The maximum Gasteiger partial charge on any atom is 0.336 e. The molecule has 1 fully saturated rings. The van der Waals surface area contributed by atoms with Crippen LogP contribution in [0.5, 0.6) is 0 Å². The van der Waals surface area contributed by atoms with Gasteiger partial charge in [-0.05, 0) is 31.1 Å². The summed E-state index contributed by atoms with van der Waals surface area (Å²) in [6.07, 6.45) is 0. The number of esters is 1. The molecular weight excluding hydrogens is 358 g/mol. The van der Waals surface area contributed by atoms with Gasteiger partial charge in [-0.15, -0.1) is 0 Å². The van der Waals surface area contributed by atoms with Crippen molar-refractivity contribution in [3.63, 3.8) is 0 Å². The number of benzene rings is 1. The monoisotopic (exact) mass is 377 g/mol. The zero-order chi connectivity index (χ0) is 18.8. The van der Waals surface area contributed by atoms with Gasteiger partial charge in [0, 0.05) is 17.5 Å². The van der Waals surface area contributed by atoms with Gasteiger partial charge in [-0.1, -0.05) is 29.8 Å². The molecule has 1 heterocycles. The Morgan fingerprint density at radius 1 is 1.38 bits per heavy atom. The van der Waals surface area contributed by atoms with E-state index in [0.29, 0.717) is 40.8 Å². The van der Waals surface area contributed by atoms with E-state index < -0.39 is 23.8 Å². The van der Waals surface area contributed by atoms with Crippen molar-refractivity contribution in [1.29, 1.82) is 0 Å². The molecule has 2 atom stereocenters. The summed E-state index contributed by atoms with van der Waals surface area (Å²) in [6, 6.07) is 6.96. The summed E-state index contributed by atoms with van der Waals surface area (Å²) < 4.78 is 10.9. The Labute approximate surface area is 156 Å². The number of carbonyl (C=O) groups is 2. The number of ether oxygens (including phenoxy) is 2. The third kappa shape index (κ3) is 3.05. The number of nitrogens with one attached hydrogen (secondary N) is 1. The van der Waals surface area contributed by atoms with Crippen LogP contribution in [-0.2, 0) is 19.1 Å². The lowest BCUT2D eigenvalue weighted by molar-refractivity contribution is -0.142. The Kier molecular flexibility index (Phi) is 5.23. The van der Waals surface area contributed by atoms with E-state index in [2.05, 4.69) is 5.32 Å². The predicted molar refractivity (Wildman–Crippen MR) is 95.6 cm³/mol. The molecule has 0 radical (unpaired) electrons. The molecule has 1 aliphatic carbocycles. The fourth-order valence-corrected chi connectivity index (χ4v) is 3.80. The predicted octanol–water partition coefficient (Wildman–Crippen LogP) is 2.85. The van der Waals surface area contributed by atoms with E-state index in [1.807, 2.05) is 0 Å². The Balaban J connectivity index is 2.28. The maximum atomic E-state index is 12.8. The fraction of sp³-hybridized carbons (Fsp3) is 0.368. The molecule has 0 spiro atoms. The molecule has 1 aromatic carbocycles. The Morgan fingerprint density at radius 2 is 2.12 bits per heavy atom. The van der Waals surface area contributed by atoms with E-state index in [1.165, 1.54) is 0 Å². The van der Waals surface area contributed by atoms with Gasteiger partial charge >= 0.3 is 11.9 Å². The van der Waals surface area contributed by atoms with Gasteiger partial charge in [0.15, 0.2) is 0 Å². The molecule has 7 heteroatoms. The van der Waals surface area contributed by atoms with Gasteiger partial charge in [-0.25, -0.2) is 4.79 Å². The Bertz CT molecular complexity index is 814. The number of rotatable bonds is 4. The highest BCUT2D eigenvalue weighted by Crippen LogP contribution is 2.47. The van der Waals surface area contributed by atoms with Gasteiger partial charge in [0.25, 0.3) is 0 Å². The maximum absolute atomic E-state index is 12.8. The lowest BCUT2D eigenvalue weighted by Crippen LogP contribution is -2.40. The lowest BCUT2D eigenvalue weighted by Gasteiger charge is -2.37. The number of carboxylic acid groups (broad SMARTS) is 1. The van der Waals surface area contributed by atoms with E-state index in [9.17, 15) is 14.7 Å². The molecule has 26 heavy (non-hydrogen) atoms. The number of aliphatic carboxylic acids is 1. The van der Waals surface area contributed by atoms with E-state index in [0.717, 1.165) is 0 Å². The van der Waals surface area contributed by atoms with Gasteiger partial charge in [-0.2, -0.15) is 0 Å². The summed E-state index contributed by atoms with van der Waals surface area (Å²) in [7, 11) is 0.